The van der Waals surface area contributed by atoms with Gasteiger partial charge in [-0.15, -0.1) is 0 Å². The van der Waals surface area contributed by atoms with E-state index in [9.17, 15) is 19.1 Å². The lowest BCUT2D eigenvalue weighted by molar-refractivity contribution is 0.0647. The minimum absolute atomic E-state index is 0.0873. The molecule has 0 spiro atoms. The summed E-state index contributed by atoms with van der Waals surface area (Å²) in [5.41, 5.74) is 0.780. The molecule has 0 aliphatic carbocycles. The number of phenols is 1. The molecule has 1 aliphatic heterocycles. The number of halogens is 1. The van der Waals surface area contributed by atoms with Crippen LogP contribution in [0.2, 0.25) is 0 Å². The maximum absolute atomic E-state index is 13.0. The fourth-order valence-electron chi connectivity index (χ4n) is 3.04. The Kier molecular flexibility index (Phi) is 4.60. The van der Waals surface area contributed by atoms with Crippen LogP contribution in [0.15, 0.2) is 48.5 Å². The van der Waals surface area contributed by atoms with E-state index in [0.29, 0.717) is 31.5 Å². The highest BCUT2D eigenvalue weighted by atomic mass is 19.1. The van der Waals surface area contributed by atoms with Crippen molar-refractivity contribution in [3.63, 3.8) is 0 Å². The molecular weight excluding hydrogens is 309 g/mol. The van der Waals surface area contributed by atoms with Crippen molar-refractivity contribution in [2.24, 2.45) is 5.92 Å². The molecule has 2 aromatic rings. The van der Waals surface area contributed by atoms with E-state index in [4.69, 9.17) is 0 Å². The molecule has 124 valence electrons. The van der Waals surface area contributed by atoms with Gasteiger partial charge in [0.05, 0.1) is 5.56 Å². The summed E-state index contributed by atoms with van der Waals surface area (Å²) in [7, 11) is 0. The fourth-order valence-corrected chi connectivity index (χ4v) is 3.04. The second-order valence-electron chi connectivity index (χ2n) is 5.96. The first-order valence-corrected chi connectivity index (χ1v) is 7.93. The zero-order valence-corrected chi connectivity index (χ0v) is 13.1. The highest BCUT2D eigenvalue weighted by molar-refractivity contribution is 5.99. The van der Waals surface area contributed by atoms with E-state index in [-0.39, 0.29) is 28.9 Å². The van der Waals surface area contributed by atoms with Crippen LogP contribution in [0.5, 0.6) is 5.75 Å². The molecule has 4 nitrogen and oxygen atoms in total. The number of rotatable bonds is 3. The second-order valence-corrected chi connectivity index (χ2v) is 5.96. The third-order valence-corrected chi connectivity index (χ3v) is 4.40. The molecule has 0 bridgehead atoms. The Labute approximate surface area is 139 Å². The molecule has 0 saturated carbocycles. The fraction of sp³-hybridized carbons (Fsp3) is 0.263. The Bertz CT molecular complexity index is 752. The van der Waals surface area contributed by atoms with Crippen molar-refractivity contribution in [3.8, 4) is 5.75 Å². The molecule has 0 aromatic heterocycles. The topological polar surface area (TPSA) is 57.6 Å². The largest absolute Gasteiger partial charge is 0.507 e. The molecule has 0 atom stereocenters. The van der Waals surface area contributed by atoms with Crippen LogP contribution in [-0.2, 0) is 0 Å². The van der Waals surface area contributed by atoms with Crippen molar-refractivity contribution < 1.29 is 19.1 Å². The molecule has 1 fully saturated rings. The zero-order valence-electron chi connectivity index (χ0n) is 13.1. The first-order valence-electron chi connectivity index (χ1n) is 7.93. The van der Waals surface area contributed by atoms with Crippen LogP contribution in [0, 0.1) is 11.7 Å². The number of benzene rings is 2. The number of carbonyl (C=O) groups is 2. The van der Waals surface area contributed by atoms with E-state index in [2.05, 4.69) is 0 Å². The first kappa shape index (κ1) is 16.2. The molecule has 1 saturated heterocycles. The Morgan fingerprint density at radius 3 is 2.33 bits per heavy atom. The van der Waals surface area contributed by atoms with E-state index in [0.717, 1.165) is 12.1 Å². The predicted molar refractivity (Wildman–Crippen MR) is 87.5 cm³/mol. The number of aromatic hydroxyl groups is 1. The van der Waals surface area contributed by atoms with Gasteiger partial charge < -0.3 is 10.0 Å². The SMILES string of the molecule is O=C(c1ccccc1)C1CCN(C(=O)c2ccc(F)cc2O)CC1. The van der Waals surface area contributed by atoms with Gasteiger partial charge in [0.25, 0.3) is 5.91 Å². The highest BCUT2D eigenvalue weighted by Crippen LogP contribution is 2.25. The summed E-state index contributed by atoms with van der Waals surface area (Å²) in [6.07, 6.45) is 1.17. The molecule has 1 heterocycles. The third kappa shape index (κ3) is 3.30. The quantitative estimate of drug-likeness (QED) is 0.880. The summed E-state index contributed by atoms with van der Waals surface area (Å²) in [5.74, 6) is -1.28. The molecule has 1 amide bonds. The van der Waals surface area contributed by atoms with Crippen LogP contribution in [-0.4, -0.2) is 34.8 Å². The molecule has 1 aliphatic rings. The molecule has 24 heavy (non-hydrogen) atoms. The van der Waals surface area contributed by atoms with Gasteiger partial charge in [-0.3, -0.25) is 9.59 Å². The van der Waals surface area contributed by atoms with Crippen molar-refractivity contribution in [1.82, 2.24) is 4.90 Å². The van der Waals surface area contributed by atoms with E-state index >= 15 is 0 Å². The van der Waals surface area contributed by atoms with Crippen molar-refractivity contribution in [1.29, 1.82) is 0 Å². The van der Waals surface area contributed by atoms with E-state index in [1.54, 1.807) is 17.0 Å². The number of hydrogen-bond donors (Lipinski definition) is 1. The lowest BCUT2D eigenvalue weighted by Gasteiger charge is -2.31. The summed E-state index contributed by atoms with van der Waals surface area (Å²) in [5, 5.41) is 9.74. The minimum atomic E-state index is -0.587. The number of likely N-dealkylation sites (tertiary alicyclic amines) is 1. The van der Waals surface area contributed by atoms with Crippen LogP contribution in [0.3, 0.4) is 0 Å². The molecule has 0 unspecified atom stereocenters. The van der Waals surface area contributed by atoms with Gasteiger partial charge in [0.1, 0.15) is 11.6 Å². The Morgan fingerprint density at radius 1 is 1.04 bits per heavy atom. The summed E-state index contributed by atoms with van der Waals surface area (Å²) in [6, 6.07) is 12.5. The number of nitrogens with zero attached hydrogens (tertiary/aromatic N) is 1. The van der Waals surface area contributed by atoms with Gasteiger partial charge in [-0.05, 0) is 25.0 Å². The molecule has 2 aromatic carbocycles. The number of amides is 1. The number of Topliss-reactive ketones (excluding diaryl/α,β-unsaturated/α-hetero) is 1. The summed E-state index contributed by atoms with van der Waals surface area (Å²) in [4.78, 5) is 26.5. The predicted octanol–water partition coefficient (Wildman–Crippen LogP) is 3.27. The first-order chi connectivity index (χ1) is 11.6. The molecular formula is C19H18FNO3. The van der Waals surface area contributed by atoms with Gasteiger partial charge in [-0.1, -0.05) is 30.3 Å². The molecule has 5 heteroatoms. The average molecular weight is 327 g/mol. The smallest absolute Gasteiger partial charge is 0.257 e. The average Bonchev–Trinajstić information content (AvgIpc) is 2.61. The number of carbonyl (C=O) groups excluding carboxylic acids is 2. The maximum Gasteiger partial charge on any atom is 0.257 e. The molecule has 1 N–H and O–H groups in total. The monoisotopic (exact) mass is 327 g/mol. The number of piperidine rings is 1. The second kappa shape index (κ2) is 6.83. The van der Waals surface area contributed by atoms with Gasteiger partial charge in [-0.25, -0.2) is 4.39 Å². The highest BCUT2D eigenvalue weighted by Gasteiger charge is 2.29. The Morgan fingerprint density at radius 2 is 1.71 bits per heavy atom. The van der Waals surface area contributed by atoms with Gasteiger partial charge in [0.2, 0.25) is 0 Å². The third-order valence-electron chi connectivity index (χ3n) is 4.40. The minimum Gasteiger partial charge on any atom is -0.507 e. The normalized spacial score (nSPS) is 15.3. The van der Waals surface area contributed by atoms with Gasteiger partial charge in [0, 0.05) is 30.6 Å². The van der Waals surface area contributed by atoms with Crippen LogP contribution < -0.4 is 0 Å². The van der Waals surface area contributed by atoms with Gasteiger partial charge in [0.15, 0.2) is 5.78 Å². The van der Waals surface area contributed by atoms with E-state index in [1.165, 1.54) is 6.07 Å². The van der Waals surface area contributed by atoms with E-state index in [1.807, 2.05) is 18.2 Å². The van der Waals surface area contributed by atoms with Crippen LogP contribution in [0.4, 0.5) is 4.39 Å². The Hall–Kier alpha value is -2.69. The molecule has 3 rings (SSSR count). The van der Waals surface area contributed by atoms with Crippen LogP contribution >= 0.6 is 0 Å². The summed E-state index contributed by atoms with van der Waals surface area (Å²) in [6.45, 7) is 0.887. The van der Waals surface area contributed by atoms with Gasteiger partial charge in [-0.2, -0.15) is 0 Å². The van der Waals surface area contributed by atoms with Crippen molar-refractivity contribution in [2.45, 2.75) is 12.8 Å². The lowest BCUT2D eigenvalue weighted by Crippen LogP contribution is -2.40. The number of ketones is 1. The van der Waals surface area contributed by atoms with E-state index < -0.39 is 5.82 Å². The summed E-state index contributed by atoms with van der Waals surface area (Å²) >= 11 is 0. The summed E-state index contributed by atoms with van der Waals surface area (Å²) < 4.78 is 13.0. The van der Waals surface area contributed by atoms with Crippen molar-refractivity contribution in [3.05, 3.63) is 65.5 Å². The maximum atomic E-state index is 13.0. The zero-order chi connectivity index (χ0) is 17.1. The Balaban J connectivity index is 1.64. The number of hydrogen-bond acceptors (Lipinski definition) is 3. The van der Waals surface area contributed by atoms with Crippen molar-refractivity contribution >= 4 is 11.7 Å². The lowest BCUT2D eigenvalue weighted by atomic mass is 9.88. The molecule has 0 radical (unpaired) electrons. The van der Waals surface area contributed by atoms with Gasteiger partial charge >= 0.3 is 0 Å². The standard InChI is InChI=1S/C19H18FNO3/c20-15-6-7-16(17(22)12-15)19(24)21-10-8-14(9-11-21)18(23)13-4-2-1-3-5-13/h1-7,12,14,22H,8-11H2. The van der Waals surface area contributed by atoms with Crippen molar-refractivity contribution in [2.75, 3.05) is 13.1 Å². The number of phenolic OH excluding ortho intramolecular Hbond substituents is 1. The van der Waals surface area contributed by atoms with Crippen LogP contribution in [0.25, 0.3) is 0 Å². The van der Waals surface area contributed by atoms with Crippen LogP contribution in [0.1, 0.15) is 33.6 Å².